The molecule has 6 heteroatoms. The van der Waals surface area contributed by atoms with Gasteiger partial charge < -0.3 is 9.47 Å². The van der Waals surface area contributed by atoms with Gasteiger partial charge in [0.15, 0.2) is 6.73 Å². The van der Waals surface area contributed by atoms with E-state index in [0.29, 0.717) is 5.75 Å². The molecule has 0 bridgehead atoms. The van der Waals surface area contributed by atoms with Crippen LogP contribution in [0.4, 0.5) is 4.79 Å². The summed E-state index contributed by atoms with van der Waals surface area (Å²) >= 11 is 0. The maximum atomic E-state index is 10.7. The van der Waals surface area contributed by atoms with E-state index in [0.717, 1.165) is 5.56 Å². The maximum absolute atomic E-state index is 10.7. The van der Waals surface area contributed by atoms with Gasteiger partial charge in [0, 0.05) is 0 Å². The molecule has 1 aromatic carbocycles. The molecule has 0 aliphatic rings. The average Bonchev–Trinajstić information content (AvgIpc) is 2.31. The highest BCUT2D eigenvalue weighted by atomic mass is 17.1. The molecule has 0 aliphatic carbocycles. The molecule has 2 N–H and O–H groups in total. The highest BCUT2D eigenvalue weighted by Gasteiger charge is 1.98. The maximum Gasteiger partial charge on any atom is 0.409 e. The first kappa shape index (κ1) is 12.3. The van der Waals surface area contributed by atoms with E-state index in [1.54, 1.807) is 24.3 Å². The zero-order valence-electron chi connectivity index (χ0n) is 8.80. The number of ether oxygens (including phenoxy) is 2. The zero-order valence-corrected chi connectivity index (χ0v) is 8.80. The summed E-state index contributed by atoms with van der Waals surface area (Å²) in [7, 11) is 1.28. The van der Waals surface area contributed by atoms with Crippen LogP contribution in [-0.2, 0) is 16.2 Å². The van der Waals surface area contributed by atoms with Crippen molar-refractivity contribution in [1.82, 2.24) is 5.32 Å². The lowest BCUT2D eigenvalue weighted by atomic mass is 10.2. The first-order chi connectivity index (χ1) is 7.76. The van der Waals surface area contributed by atoms with Crippen LogP contribution in [0.25, 0.3) is 0 Å². The van der Waals surface area contributed by atoms with Crippen molar-refractivity contribution in [2.75, 3.05) is 13.8 Å². The number of rotatable bonds is 5. The molecule has 0 heterocycles. The summed E-state index contributed by atoms with van der Waals surface area (Å²) in [6, 6.07) is 6.88. The van der Waals surface area contributed by atoms with Gasteiger partial charge in [-0.1, -0.05) is 12.1 Å². The number of carbonyl (C=O) groups is 1. The lowest BCUT2D eigenvalue weighted by molar-refractivity contribution is -0.253. The molecule has 16 heavy (non-hydrogen) atoms. The van der Waals surface area contributed by atoms with Gasteiger partial charge in [-0.15, -0.1) is 0 Å². The Morgan fingerprint density at radius 2 is 2.06 bits per heavy atom. The van der Waals surface area contributed by atoms with Crippen molar-refractivity contribution in [1.29, 1.82) is 0 Å². The van der Waals surface area contributed by atoms with E-state index in [-0.39, 0.29) is 13.3 Å². The number of alkyl carbamates (subject to hydrolysis) is 1. The molecular weight excluding hydrogens is 214 g/mol. The molecule has 1 amide bonds. The molecule has 0 radical (unpaired) electrons. The van der Waals surface area contributed by atoms with Crippen LogP contribution in [0, 0.1) is 0 Å². The van der Waals surface area contributed by atoms with E-state index in [1.807, 2.05) is 0 Å². The molecule has 0 saturated carbocycles. The first-order valence-corrected chi connectivity index (χ1v) is 4.56. The fourth-order valence-electron chi connectivity index (χ4n) is 1.01. The third-order valence-corrected chi connectivity index (χ3v) is 1.80. The summed E-state index contributed by atoms with van der Waals surface area (Å²) < 4.78 is 9.56. The fraction of sp³-hybridized carbons (Fsp3) is 0.300. The molecule has 0 aromatic heterocycles. The third-order valence-electron chi connectivity index (χ3n) is 1.80. The van der Waals surface area contributed by atoms with Crippen LogP contribution in [0.15, 0.2) is 24.3 Å². The van der Waals surface area contributed by atoms with Gasteiger partial charge in [0.2, 0.25) is 0 Å². The average molecular weight is 227 g/mol. The second-order valence-corrected chi connectivity index (χ2v) is 2.87. The van der Waals surface area contributed by atoms with Crippen molar-refractivity contribution in [2.24, 2.45) is 0 Å². The molecule has 0 saturated heterocycles. The van der Waals surface area contributed by atoms with Crippen molar-refractivity contribution in [2.45, 2.75) is 6.61 Å². The molecule has 0 atom stereocenters. The number of methoxy groups -OCH3 is 1. The van der Waals surface area contributed by atoms with E-state index in [4.69, 9.17) is 9.99 Å². The largest absolute Gasteiger partial charge is 0.473 e. The van der Waals surface area contributed by atoms with E-state index >= 15 is 0 Å². The molecule has 6 nitrogen and oxygen atoms in total. The SMILES string of the molecule is COC(=O)NCOc1ccc(COO)cc1. The number of benzene rings is 1. The van der Waals surface area contributed by atoms with Gasteiger partial charge in [-0.2, -0.15) is 0 Å². The minimum atomic E-state index is -0.551. The Balaban J connectivity index is 2.34. The van der Waals surface area contributed by atoms with E-state index in [2.05, 4.69) is 14.9 Å². The highest BCUT2D eigenvalue weighted by molar-refractivity contribution is 5.66. The summed E-state index contributed by atoms with van der Waals surface area (Å²) in [5.74, 6) is 0.595. The number of hydrogen-bond acceptors (Lipinski definition) is 5. The Kier molecular flexibility index (Phi) is 5.10. The summed E-state index contributed by atoms with van der Waals surface area (Å²) in [5.41, 5.74) is 0.816. The second-order valence-electron chi connectivity index (χ2n) is 2.87. The van der Waals surface area contributed by atoms with Gasteiger partial charge in [0.1, 0.15) is 12.4 Å². The fourth-order valence-corrected chi connectivity index (χ4v) is 1.01. The van der Waals surface area contributed by atoms with Crippen molar-refractivity contribution < 1.29 is 24.4 Å². The molecule has 1 aromatic rings. The van der Waals surface area contributed by atoms with E-state index in [9.17, 15) is 4.79 Å². The van der Waals surface area contributed by atoms with Crippen LogP contribution < -0.4 is 10.1 Å². The standard InChI is InChI=1S/C10H13NO5/c1-14-10(12)11-7-15-9-4-2-8(3-5-9)6-16-13/h2-5,13H,6-7H2,1H3,(H,11,12). The zero-order chi connectivity index (χ0) is 11.8. The van der Waals surface area contributed by atoms with Crippen LogP contribution in [0.1, 0.15) is 5.56 Å². The topological polar surface area (TPSA) is 77.0 Å². The Hall–Kier alpha value is -1.79. The Labute approximate surface area is 92.7 Å². The predicted octanol–water partition coefficient (Wildman–Crippen LogP) is 1.37. The van der Waals surface area contributed by atoms with Crippen LogP contribution in [-0.4, -0.2) is 25.2 Å². The van der Waals surface area contributed by atoms with Gasteiger partial charge in [-0.3, -0.25) is 10.6 Å². The Morgan fingerprint density at radius 1 is 1.38 bits per heavy atom. The summed E-state index contributed by atoms with van der Waals surface area (Å²) in [4.78, 5) is 14.7. The highest BCUT2D eigenvalue weighted by Crippen LogP contribution is 2.12. The second kappa shape index (κ2) is 6.65. The van der Waals surface area contributed by atoms with E-state index < -0.39 is 6.09 Å². The van der Waals surface area contributed by atoms with Crippen molar-refractivity contribution >= 4 is 6.09 Å². The lowest BCUT2D eigenvalue weighted by Crippen LogP contribution is -2.27. The van der Waals surface area contributed by atoms with Gasteiger partial charge >= 0.3 is 6.09 Å². The molecule has 0 fully saturated rings. The number of hydrogen-bond donors (Lipinski definition) is 2. The molecule has 88 valence electrons. The number of carbonyl (C=O) groups excluding carboxylic acids is 1. The monoisotopic (exact) mass is 227 g/mol. The first-order valence-electron chi connectivity index (χ1n) is 4.56. The van der Waals surface area contributed by atoms with Crippen LogP contribution >= 0.6 is 0 Å². The molecule has 1 rings (SSSR count). The minimum Gasteiger partial charge on any atom is -0.473 e. The van der Waals surface area contributed by atoms with E-state index in [1.165, 1.54) is 7.11 Å². The van der Waals surface area contributed by atoms with Crippen LogP contribution in [0.5, 0.6) is 5.75 Å². The summed E-state index contributed by atoms with van der Waals surface area (Å²) in [6.45, 7) is 0.156. The van der Waals surface area contributed by atoms with Gasteiger partial charge in [-0.05, 0) is 17.7 Å². The molecule has 0 aliphatic heterocycles. The Morgan fingerprint density at radius 3 is 2.62 bits per heavy atom. The minimum absolute atomic E-state index is 0.0303. The summed E-state index contributed by atoms with van der Waals surface area (Å²) in [5, 5.41) is 10.6. The van der Waals surface area contributed by atoms with Crippen molar-refractivity contribution in [3.05, 3.63) is 29.8 Å². The lowest BCUT2D eigenvalue weighted by Gasteiger charge is -2.07. The Bertz CT molecular complexity index is 324. The van der Waals surface area contributed by atoms with Crippen LogP contribution in [0.2, 0.25) is 0 Å². The smallest absolute Gasteiger partial charge is 0.409 e. The van der Waals surface area contributed by atoms with Gasteiger partial charge in [-0.25, -0.2) is 9.68 Å². The van der Waals surface area contributed by atoms with Crippen LogP contribution in [0.3, 0.4) is 0 Å². The molecule has 0 unspecified atom stereocenters. The predicted molar refractivity (Wildman–Crippen MR) is 54.9 cm³/mol. The van der Waals surface area contributed by atoms with Gasteiger partial charge in [0.05, 0.1) is 7.11 Å². The molecule has 0 spiro atoms. The van der Waals surface area contributed by atoms with Crippen molar-refractivity contribution in [3.63, 3.8) is 0 Å². The number of nitrogens with one attached hydrogen (secondary N) is 1. The normalized spacial score (nSPS) is 9.62. The third kappa shape index (κ3) is 4.16. The summed E-state index contributed by atoms with van der Waals surface area (Å²) in [6.07, 6.45) is -0.551. The quantitative estimate of drug-likeness (QED) is 0.451. The number of amides is 1. The van der Waals surface area contributed by atoms with Gasteiger partial charge in [0.25, 0.3) is 0 Å². The van der Waals surface area contributed by atoms with Crippen molar-refractivity contribution in [3.8, 4) is 5.75 Å². The molecular formula is C10H13NO5.